The number of pyridine rings is 1. The van der Waals surface area contributed by atoms with E-state index >= 15 is 0 Å². The fraction of sp³-hybridized carbons (Fsp3) is 0.200. The zero-order valence-corrected chi connectivity index (χ0v) is 9.49. The molecule has 2 heterocycles. The highest BCUT2D eigenvalue weighted by atomic mass is 32.1. The van der Waals surface area contributed by atoms with E-state index in [1.807, 2.05) is 6.92 Å². The van der Waals surface area contributed by atoms with Gasteiger partial charge in [-0.15, -0.1) is 10.2 Å². The predicted molar refractivity (Wildman–Crippen MR) is 60.1 cm³/mol. The van der Waals surface area contributed by atoms with E-state index < -0.39 is 0 Å². The highest BCUT2D eigenvalue weighted by molar-refractivity contribution is 7.11. The number of carbonyl (C=O) groups excluding carboxylic acids is 1. The Labute approximate surface area is 96.6 Å². The molecular formula is C10H10N4OS. The third kappa shape index (κ3) is 2.60. The number of aryl methyl sites for hydroxylation is 1. The molecule has 1 N–H and O–H groups in total. The van der Waals surface area contributed by atoms with Gasteiger partial charge in [0.25, 0.3) is 5.91 Å². The van der Waals surface area contributed by atoms with Crippen molar-refractivity contribution in [3.8, 4) is 0 Å². The molecule has 0 aliphatic heterocycles. The summed E-state index contributed by atoms with van der Waals surface area (Å²) >= 11 is 1.47. The summed E-state index contributed by atoms with van der Waals surface area (Å²) in [6, 6.07) is 3.44. The number of nitrogens with zero attached hydrogens (tertiary/aromatic N) is 3. The summed E-state index contributed by atoms with van der Waals surface area (Å²) in [5.74, 6) is -0.152. The van der Waals surface area contributed by atoms with Crippen molar-refractivity contribution in [3.63, 3.8) is 0 Å². The van der Waals surface area contributed by atoms with Crippen molar-refractivity contribution < 1.29 is 4.79 Å². The molecule has 1 amide bonds. The molecule has 0 aromatic carbocycles. The third-order valence-electron chi connectivity index (χ3n) is 1.89. The van der Waals surface area contributed by atoms with Gasteiger partial charge in [-0.05, 0) is 19.1 Å². The summed E-state index contributed by atoms with van der Waals surface area (Å²) in [6.07, 6.45) is 3.16. The van der Waals surface area contributed by atoms with Crippen LogP contribution in [0.15, 0.2) is 24.5 Å². The van der Waals surface area contributed by atoms with E-state index in [1.165, 1.54) is 17.5 Å². The number of carbonyl (C=O) groups is 1. The lowest BCUT2D eigenvalue weighted by Gasteiger charge is -2.01. The van der Waals surface area contributed by atoms with Crippen LogP contribution in [-0.2, 0) is 6.54 Å². The second-order valence-corrected chi connectivity index (χ2v) is 4.41. The van der Waals surface area contributed by atoms with Gasteiger partial charge in [-0.3, -0.25) is 9.78 Å². The van der Waals surface area contributed by atoms with Gasteiger partial charge in [0.15, 0.2) is 0 Å². The van der Waals surface area contributed by atoms with Crippen molar-refractivity contribution in [1.82, 2.24) is 20.5 Å². The highest BCUT2D eigenvalue weighted by Crippen LogP contribution is 2.07. The monoisotopic (exact) mass is 234 g/mol. The van der Waals surface area contributed by atoms with Crippen molar-refractivity contribution in [2.24, 2.45) is 0 Å². The van der Waals surface area contributed by atoms with Crippen molar-refractivity contribution in [2.45, 2.75) is 13.5 Å². The Balaban J connectivity index is 1.94. The summed E-state index contributed by atoms with van der Waals surface area (Å²) in [5, 5.41) is 12.2. The van der Waals surface area contributed by atoms with E-state index in [1.54, 1.807) is 18.3 Å². The normalized spacial score (nSPS) is 10.1. The number of hydrogen-bond acceptors (Lipinski definition) is 5. The molecule has 0 aliphatic rings. The largest absolute Gasteiger partial charge is 0.345 e. The average molecular weight is 234 g/mol. The summed E-state index contributed by atoms with van der Waals surface area (Å²) in [6.45, 7) is 2.28. The molecule has 0 saturated heterocycles. The minimum atomic E-state index is -0.152. The van der Waals surface area contributed by atoms with Gasteiger partial charge in [0.1, 0.15) is 10.0 Å². The van der Waals surface area contributed by atoms with Crippen LogP contribution in [0, 0.1) is 6.92 Å². The standard InChI is InChI=1S/C10H10N4OS/c1-7-13-14-9(16-7)6-12-10(15)8-3-2-4-11-5-8/h2-5H,6H2,1H3,(H,12,15). The van der Waals surface area contributed by atoms with Crippen LogP contribution in [0.5, 0.6) is 0 Å². The molecule has 0 radical (unpaired) electrons. The van der Waals surface area contributed by atoms with Gasteiger partial charge in [0.2, 0.25) is 0 Å². The molecule has 16 heavy (non-hydrogen) atoms. The summed E-state index contributed by atoms with van der Waals surface area (Å²) in [4.78, 5) is 15.5. The van der Waals surface area contributed by atoms with Crippen LogP contribution in [0.3, 0.4) is 0 Å². The molecular weight excluding hydrogens is 224 g/mol. The maximum atomic E-state index is 11.6. The molecule has 2 rings (SSSR count). The van der Waals surface area contributed by atoms with Crippen LogP contribution < -0.4 is 5.32 Å². The Morgan fingerprint density at radius 2 is 2.38 bits per heavy atom. The third-order valence-corrected chi connectivity index (χ3v) is 2.73. The topological polar surface area (TPSA) is 67.8 Å². The van der Waals surface area contributed by atoms with Crippen LogP contribution >= 0.6 is 11.3 Å². The fourth-order valence-corrected chi connectivity index (χ4v) is 1.81. The maximum absolute atomic E-state index is 11.6. The Morgan fingerprint density at radius 1 is 1.50 bits per heavy atom. The predicted octanol–water partition coefficient (Wildman–Crippen LogP) is 1.17. The Hall–Kier alpha value is -1.82. The van der Waals surface area contributed by atoms with E-state index in [2.05, 4.69) is 20.5 Å². The van der Waals surface area contributed by atoms with Crippen LogP contribution in [0.25, 0.3) is 0 Å². The first-order valence-corrected chi connectivity index (χ1v) is 5.54. The van der Waals surface area contributed by atoms with Gasteiger partial charge in [0.05, 0.1) is 12.1 Å². The molecule has 0 unspecified atom stereocenters. The van der Waals surface area contributed by atoms with Crippen LogP contribution in [-0.4, -0.2) is 21.1 Å². The minimum Gasteiger partial charge on any atom is -0.345 e. The highest BCUT2D eigenvalue weighted by Gasteiger charge is 2.06. The van der Waals surface area contributed by atoms with Crippen molar-refractivity contribution in [2.75, 3.05) is 0 Å². The number of hydrogen-bond donors (Lipinski definition) is 1. The molecule has 0 bridgehead atoms. The first-order valence-electron chi connectivity index (χ1n) is 4.73. The molecule has 5 nitrogen and oxygen atoms in total. The van der Waals surface area contributed by atoms with E-state index in [0.717, 1.165) is 10.0 Å². The molecule has 0 saturated carbocycles. The Morgan fingerprint density at radius 3 is 3.00 bits per heavy atom. The first-order chi connectivity index (χ1) is 7.75. The van der Waals surface area contributed by atoms with Gasteiger partial charge >= 0.3 is 0 Å². The molecule has 0 fully saturated rings. The van der Waals surface area contributed by atoms with Crippen LogP contribution in [0.1, 0.15) is 20.4 Å². The second kappa shape index (κ2) is 4.80. The molecule has 2 aromatic rings. The number of rotatable bonds is 3. The summed E-state index contributed by atoms with van der Waals surface area (Å²) in [5.41, 5.74) is 0.545. The lowest BCUT2D eigenvalue weighted by molar-refractivity contribution is 0.0950. The summed E-state index contributed by atoms with van der Waals surface area (Å²) in [7, 11) is 0. The number of amides is 1. The smallest absolute Gasteiger partial charge is 0.253 e. The van der Waals surface area contributed by atoms with Gasteiger partial charge in [0, 0.05) is 12.4 Å². The van der Waals surface area contributed by atoms with Gasteiger partial charge in [-0.1, -0.05) is 11.3 Å². The average Bonchev–Trinajstić information content (AvgIpc) is 2.73. The van der Waals surface area contributed by atoms with E-state index in [-0.39, 0.29) is 5.91 Å². The van der Waals surface area contributed by atoms with Gasteiger partial charge in [-0.25, -0.2) is 0 Å². The van der Waals surface area contributed by atoms with Crippen LogP contribution in [0.2, 0.25) is 0 Å². The lowest BCUT2D eigenvalue weighted by atomic mass is 10.3. The molecule has 0 atom stereocenters. The lowest BCUT2D eigenvalue weighted by Crippen LogP contribution is -2.22. The van der Waals surface area contributed by atoms with Crippen LogP contribution in [0.4, 0.5) is 0 Å². The van der Waals surface area contributed by atoms with E-state index in [9.17, 15) is 4.79 Å². The molecule has 2 aromatic heterocycles. The molecule has 6 heteroatoms. The molecule has 82 valence electrons. The van der Waals surface area contributed by atoms with Gasteiger partial charge in [-0.2, -0.15) is 0 Å². The van der Waals surface area contributed by atoms with E-state index in [4.69, 9.17) is 0 Å². The zero-order valence-electron chi connectivity index (χ0n) is 8.67. The second-order valence-electron chi connectivity index (χ2n) is 3.14. The Bertz CT molecular complexity index is 483. The summed E-state index contributed by atoms with van der Waals surface area (Å²) < 4.78 is 0. The van der Waals surface area contributed by atoms with Crippen molar-refractivity contribution >= 4 is 17.2 Å². The maximum Gasteiger partial charge on any atom is 0.253 e. The number of nitrogens with one attached hydrogen (secondary N) is 1. The van der Waals surface area contributed by atoms with Gasteiger partial charge < -0.3 is 5.32 Å². The number of aromatic nitrogens is 3. The Kier molecular flexibility index (Phi) is 3.21. The first kappa shape index (κ1) is 10.7. The van der Waals surface area contributed by atoms with E-state index in [0.29, 0.717) is 12.1 Å². The SMILES string of the molecule is Cc1nnc(CNC(=O)c2cccnc2)s1. The van der Waals surface area contributed by atoms with Crippen molar-refractivity contribution in [1.29, 1.82) is 0 Å². The zero-order chi connectivity index (χ0) is 11.4. The molecule has 0 spiro atoms. The van der Waals surface area contributed by atoms with Crippen molar-refractivity contribution in [3.05, 3.63) is 40.1 Å². The minimum absolute atomic E-state index is 0.152. The molecule has 0 aliphatic carbocycles. The fourth-order valence-electron chi connectivity index (χ4n) is 1.16. The quantitative estimate of drug-likeness (QED) is 0.865.